The van der Waals surface area contributed by atoms with Gasteiger partial charge in [-0.1, -0.05) is 42.5 Å². The second-order valence-corrected chi connectivity index (χ2v) is 7.90. The standard InChI is InChI=1S/C26H25FN4O3/c1-18-29-22(26(33)28-14-21-6-5-7-23(34-2)25(21)27)17-31(18)16-20-11-9-19(10-12-20)15-30-13-4-3-8-24(30)32/h3-13,17H,14-16H2,1-2H3,(H,28,33). The van der Waals surface area contributed by atoms with Crippen LogP contribution in [-0.4, -0.2) is 27.1 Å². The Morgan fingerprint density at radius 3 is 2.38 bits per heavy atom. The molecule has 0 atom stereocenters. The number of nitrogens with one attached hydrogen (secondary N) is 1. The molecule has 2 aromatic carbocycles. The van der Waals surface area contributed by atoms with Crippen LogP contribution in [0.4, 0.5) is 4.39 Å². The van der Waals surface area contributed by atoms with E-state index in [1.54, 1.807) is 35.2 Å². The molecule has 8 heteroatoms. The summed E-state index contributed by atoms with van der Waals surface area (Å²) in [6, 6.07) is 17.8. The molecule has 174 valence electrons. The van der Waals surface area contributed by atoms with Crippen molar-refractivity contribution in [1.29, 1.82) is 0 Å². The lowest BCUT2D eigenvalue weighted by molar-refractivity contribution is 0.0945. The van der Waals surface area contributed by atoms with Crippen molar-refractivity contribution >= 4 is 5.91 Å². The number of rotatable bonds is 8. The molecule has 34 heavy (non-hydrogen) atoms. The number of benzene rings is 2. The Morgan fingerprint density at radius 2 is 1.71 bits per heavy atom. The van der Waals surface area contributed by atoms with E-state index in [4.69, 9.17) is 4.74 Å². The van der Waals surface area contributed by atoms with E-state index in [9.17, 15) is 14.0 Å². The predicted octanol–water partition coefficient (Wildman–Crippen LogP) is 3.53. The molecule has 2 aromatic heterocycles. The molecule has 0 bridgehead atoms. The van der Waals surface area contributed by atoms with Crippen molar-refractivity contribution in [3.8, 4) is 5.75 Å². The SMILES string of the molecule is COc1cccc(CNC(=O)c2cn(Cc3ccc(Cn4ccccc4=O)cc3)c(C)n2)c1F. The molecular weight excluding hydrogens is 435 g/mol. The summed E-state index contributed by atoms with van der Waals surface area (Å²) in [7, 11) is 1.40. The Balaban J connectivity index is 1.39. The van der Waals surface area contributed by atoms with Gasteiger partial charge in [-0.15, -0.1) is 0 Å². The maximum absolute atomic E-state index is 14.3. The highest BCUT2D eigenvalue weighted by Gasteiger charge is 2.14. The molecule has 0 unspecified atom stereocenters. The van der Waals surface area contributed by atoms with Crippen LogP contribution >= 0.6 is 0 Å². The first kappa shape index (κ1) is 23.0. The largest absolute Gasteiger partial charge is 0.494 e. The van der Waals surface area contributed by atoms with Gasteiger partial charge in [0.25, 0.3) is 11.5 Å². The molecular formula is C26H25FN4O3. The molecule has 2 heterocycles. The average Bonchev–Trinajstić information content (AvgIpc) is 3.21. The van der Waals surface area contributed by atoms with Gasteiger partial charge in [-0.05, 0) is 30.2 Å². The first-order chi connectivity index (χ1) is 16.4. The van der Waals surface area contributed by atoms with Crippen molar-refractivity contribution < 1.29 is 13.9 Å². The van der Waals surface area contributed by atoms with Crippen molar-refractivity contribution in [2.75, 3.05) is 7.11 Å². The number of methoxy groups -OCH3 is 1. The van der Waals surface area contributed by atoms with Crippen LogP contribution in [-0.2, 0) is 19.6 Å². The van der Waals surface area contributed by atoms with E-state index in [0.29, 0.717) is 24.5 Å². The summed E-state index contributed by atoms with van der Waals surface area (Å²) in [5.41, 5.74) is 2.61. The molecule has 0 aliphatic rings. The quantitative estimate of drug-likeness (QED) is 0.436. The summed E-state index contributed by atoms with van der Waals surface area (Å²) in [6.07, 6.45) is 3.45. The van der Waals surface area contributed by atoms with Gasteiger partial charge in [0, 0.05) is 37.1 Å². The normalized spacial score (nSPS) is 10.8. The van der Waals surface area contributed by atoms with Gasteiger partial charge in [0.05, 0.1) is 13.7 Å². The first-order valence-corrected chi connectivity index (χ1v) is 10.8. The minimum Gasteiger partial charge on any atom is -0.494 e. The molecule has 7 nitrogen and oxygen atoms in total. The molecule has 4 rings (SSSR count). The molecule has 1 amide bonds. The topological polar surface area (TPSA) is 78.1 Å². The van der Waals surface area contributed by atoms with Gasteiger partial charge >= 0.3 is 0 Å². The molecule has 0 aliphatic heterocycles. The number of carbonyl (C=O) groups is 1. The van der Waals surface area contributed by atoms with E-state index in [2.05, 4.69) is 10.3 Å². The number of ether oxygens (including phenoxy) is 1. The molecule has 0 aliphatic carbocycles. The second-order valence-electron chi connectivity index (χ2n) is 7.90. The lowest BCUT2D eigenvalue weighted by Gasteiger charge is -2.08. The highest BCUT2D eigenvalue weighted by Crippen LogP contribution is 2.20. The Bertz CT molecular complexity index is 1360. The molecule has 1 N–H and O–H groups in total. The number of halogens is 1. The number of aryl methyl sites for hydroxylation is 1. The molecule has 0 radical (unpaired) electrons. The third-order valence-corrected chi connectivity index (χ3v) is 5.54. The zero-order valence-corrected chi connectivity index (χ0v) is 19.0. The lowest BCUT2D eigenvalue weighted by Crippen LogP contribution is -2.23. The monoisotopic (exact) mass is 460 g/mol. The molecule has 0 saturated carbocycles. The number of hydrogen-bond donors (Lipinski definition) is 1. The molecule has 4 aromatic rings. The average molecular weight is 461 g/mol. The zero-order valence-electron chi connectivity index (χ0n) is 19.0. The Hall–Kier alpha value is -4.20. The minimum atomic E-state index is -0.493. The number of nitrogens with zero attached hydrogens (tertiary/aromatic N) is 3. The summed E-state index contributed by atoms with van der Waals surface area (Å²) in [4.78, 5) is 28.8. The van der Waals surface area contributed by atoms with Gasteiger partial charge in [-0.3, -0.25) is 9.59 Å². The fourth-order valence-corrected chi connectivity index (χ4v) is 3.63. The van der Waals surface area contributed by atoms with E-state index < -0.39 is 5.82 Å². The summed E-state index contributed by atoms with van der Waals surface area (Å²) in [6.45, 7) is 2.90. The van der Waals surface area contributed by atoms with Gasteiger partial charge in [0.2, 0.25) is 0 Å². The zero-order chi connectivity index (χ0) is 24.1. The van der Waals surface area contributed by atoms with E-state index >= 15 is 0 Å². The van der Waals surface area contributed by atoms with Crippen LogP contribution in [0.2, 0.25) is 0 Å². The van der Waals surface area contributed by atoms with Crippen LogP contribution in [0.5, 0.6) is 5.75 Å². The maximum atomic E-state index is 14.3. The van der Waals surface area contributed by atoms with E-state index in [1.165, 1.54) is 19.2 Å². The highest BCUT2D eigenvalue weighted by molar-refractivity contribution is 5.92. The van der Waals surface area contributed by atoms with Gasteiger partial charge in [-0.25, -0.2) is 9.37 Å². The van der Waals surface area contributed by atoms with Crippen LogP contribution in [0, 0.1) is 12.7 Å². The van der Waals surface area contributed by atoms with Crippen LogP contribution in [0.25, 0.3) is 0 Å². The van der Waals surface area contributed by atoms with Crippen molar-refractivity contribution in [1.82, 2.24) is 19.4 Å². The van der Waals surface area contributed by atoms with E-state index in [1.807, 2.05) is 41.8 Å². The number of hydrogen-bond acceptors (Lipinski definition) is 4. The van der Waals surface area contributed by atoms with Crippen molar-refractivity contribution in [2.24, 2.45) is 0 Å². The summed E-state index contributed by atoms with van der Waals surface area (Å²) in [5, 5.41) is 2.71. The number of pyridine rings is 1. The summed E-state index contributed by atoms with van der Waals surface area (Å²) < 4.78 is 22.8. The lowest BCUT2D eigenvalue weighted by atomic mass is 10.1. The van der Waals surface area contributed by atoms with E-state index in [-0.39, 0.29) is 29.5 Å². The Labute approximate surface area is 196 Å². The van der Waals surface area contributed by atoms with E-state index in [0.717, 1.165) is 11.1 Å². The number of aromatic nitrogens is 3. The van der Waals surface area contributed by atoms with Gasteiger partial charge < -0.3 is 19.2 Å². The van der Waals surface area contributed by atoms with Crippen LogP contribution in [0.15, 0.2) is 77.9 Å². The smallest absolute Gasteiger partial charge is 0.271 e. The van der Waals surface area contributed by atoms with Gasteiger partial charge in [-0.2, -0.15) is 0 Å². The predicted molar refractivity (Wildman–Crippen MR) is 126 cm³/mol. The molecule has 0 spiro atoms. The third-order valence-electron chi connectivity index (χ3n) is 5.54. The molecule has 0 fully saturated rings. The summed E-state index contributed by atoms with van der Waals surface area (Å²) in [5.74, 6) is -0.0494. The van der Waals surface area contributed by atoms with Crippen LogP contribution in [0.1, 0.15) is 33.0 Å². The minimum absolute atomic E-state index is 0.0275. The van der Waals surface area contributed by atoms with Crippen molar-refractivity contribution in [3.63, 3.8) is 0 Å². The van der Waals surface area contributed by atoms with Crippen LogP contribution in [0.3, 0.4) is 0 Å². The Morgan fingerprint density at radius 1 is 1.00 bits per heavy atom. The fraction of sp³-hybridized carbons (Fsp3) is 0.192. The van der Waals surface area contributed by atoms with Gasteiger partial charge in [0.1, 0.15) is 11.5 Å². The van der Waals surface area contributed by atoms with Crippen molar-refractivity contribution in [3.05, 3.63) is 117 Å². The third kappa shape index (κ3) is 5.23. The van der Waals surface area contributed by atoms with Gasteiger partial charge in [0.15, 0.2) is 11.6 Å². The number of carbonyl (C=O) groups excluding carboxylic acids is 1. The number of imidazole rings is 1. The Kier molecular flexibility index (Phi) is 6.87. The second kappa shape index (κ2) is 10.2. The maximum Gasteiger partial charge on any atom is 0.271 e. The van der Waals surface area contributed by atoms with Crippen molar-refractivity contribution in [2.45, 2.75) is 26.6 Å². The van der Waals surface area contributed by atoms with Crippen LogP contribution < -0.4 is 15.6 Å². The fourth-order valence-electron chi connectivity index (χ4n) is 3.63. The first-order valence-electron chi connectivity index (χ1n) is 10.8. The number of amides is 1. The summed E-state index contributed by atoms with van der Waals surface area (Å²) >= 11 is 0. The molecule has 0 saturated heterocycles. The highest BCUT2D eigenvalue weighted by atomic mass is 19.1.